The minimum Gasteiger partial charge on any atom is -0.345 e. The molecule has 1 aromatic rings. The zero-order valence-electron chi connectivity index (χ0n) is 8.68. The lowest BCUT2D eigenvalue weighted by Crippen LogP contribution is -2.23. The van der Waals surface area contributed by atoms with Gasteiger partial charge in [0.05, 0.1) is 0 Å². The van der Waals surface area contributed by atoms with Gasteiger partial charge in [0, 0.05) is 12.4 Å². The third-order valence-corrected chi connectivity index (χ3v) is 2.02. The Morgan fingerprint density at radius 2 is 2.18 bits per heavy atom. The van der Waals surface area contributed by atoms with E-state index in [1.54, 1.807) is 19.1 Å². The predicted octanol–water partition coefficient (Wildman–Crippen LogP) is 3.01. The number of aryl methyl sites for hydroxylation is 1. The van der Waals surface area contributed by atoms with E-state index < -0.39 is 17.0 Å². The summed E-state index contributed by atoms with van der Waals surface area (Å²) >= 11 is 5.21. The molecule has 0 fully saturated rings. The van der Waals surface area contributed by atoms with E-state index in [-0.39, 0.29) is 0 Å². The van der Waals surface area contributed by atoms with Gasteiger partial charge >= 0.3 is 6.18 Å². The molecular weight excluding hydrogens is 257 g/mol. The van der Waals surface area contributed by atoms with Gasteiger partial charge in [-0.05, 0) is 24.6 Å². The van der Waals surface area contributed by atoms with Crippen LogP contribution in [0.15, 0.2) is 29.6 Å². The fourth-order valence-corrected chi connectivity index (χ4v) is 1.12. The van der Waals surface area contributed by atoms with E-state index in [4.69, 9.17) is 11.6 Å². The van der Waals surface area contributed by atoms with E-state index >= 15 is 0 Å². The highest BCUT2D eigenvalue weighted by atomic mass is 35.5. The highest BCUT2D eigenvalue weighted by Gasteiger charge is 2.40. The summed E-state index contributed by atoms with van der Waals surface area (Å²) in [5.74, 6) is -1.79. The number of rotatable bonds is 3. The lowest BCUT2D eigenvalue weighted by atomic mass is 10.3. The van der Waals surface area contributed by atoms with Crippen molar-refractivity contribution in [1.82, 2.24) is 4.98 Å². The Labute approximate surface area is 100 Å². The molecule has 0 atom stereocenters. The molecule has 0 aliphatic rings. The second kappa shape index (κ2) is 5.18. The van der Waals surface area contributed by atoms with Crippen LogP contribution in [0.3, 0.4) is 0 Å². The van der Waals surface area contributed by atoms with Crippen LogP contribution in [0.2, 0.25) is 0 Å². The quantitative estimate of drug-likeness (QED) is 0.854. The molecule has 7 heteroatoms. The van der Waals surface area contributed by atoms with Gasteiger partial charge in [0.1, 0.15) is 10.9 Å². The zero-order chi connectivity index (χ0) is 13.1. The summed E-state index contributed by atoms with van der Waals surface area (Å²) in [6, 6.07) is 3.32. The molecule has 0 saturated carbocycles. The summed E-state index contributed by atoms with van der Waals surface area (Å²) in [6.07, 6.45) is -2.74. The van der Waals surface area contributed by atoms with E-state index in [0.29, 0.717) is 5.82 Å². The molecule has 1 aromatic heterocycles. The maximum atomic E-state index is 12.0. The second-order valence-electron chi connectivity index (χ2n) is 3.18. The third-order valence-electron chi connectivity index (χ3n) is 1.74. The van der Waals surface area contributed by atoms with Gasteiger partial charge in [0.25, 0.3) is 5.78 Å². The fraction of sp³-hybridized carbons (Fsp3) is 0.200. The summed E-state index contributed by atoms with van der Waals surface area (Å²) in [6.45, 7) is 1.79. The number of hydrogen-bond acceptors (Lipinski definition) is 3. The molecule has 92 valence electrons. The topological polar surface area (TPSA) is 42.0 Å². The largest absolute Gasteiger partial charge is 0.455 e. The van der Waals surface area contributed by atoms with Gasteiger partial charge in [-0.2, -0.15) is 13.2 Å². The first-order valence-corrected chi connectivity index (χ1v) is 4.85. The SMILES string of the molecule is Cc1ccnc(NC=C(Cl)C(=O)C(F)(F)F)c1. The summed E-state index contributed by atoms with van der Waals surface area (Å²) in [5, 5.41) is 1.47. The van der Waals surface area contributed by atoms with Crippen LogP contribution in [0.1, 0.15) is 5.56 Å². The van der Waals surface area contributed by atoms with Crippen molar-refractivity contribution < 1.29 is 18.0 Å². The Balaban J connectivity index is 2.75. The van der Waals surface area contributed by atoms with Gasteiger partial charge in [-0.25, -0.2) is 4.98 Å². The summed E-state index contributed by atoms with van der Waals surface area (Å²) < 4.78 is 35.9. The first-order valence-electron chi connectivity index (χ1n) is 4.47. The minimum absolute atomic E-state index is 0.304. The van der Waals surface area contributed by atoms with Crippen molar-refractivity contribution in [2.75, 3.05) is 5.32 Å². The Hall–Kier alpha value is -1.56. The lowest BCUT2D eigenvalue weighted by molar-refractivity contribution is -0.165. The number of carbonyl (C=O) groups is 1. The van der Waals surface area contributed by atoms with Crippen molar-refractivity contribution in [2.24, 2.45) is 0 Å². The molecule has 0 spiro atoms. The molecule has 1 heterocycles. The van der Waals surface area contributed by atoms with Gasteiger partial charge in [0.15, 0.2) is 0 Å². The molecule has 0 saturated heterocycles. The Morgan fingerprint density at radius 3 is 2.71 bits per heavy atom. The third kappa shape index (κ3) is 4.07. The van der Waals surface area contributed by atoms with E-state index in [0.717, 1.165) is 11.8 Å². The average molecular weight is 265 g/mol. The van der Waals surface area contributed by atoms with Crippen molar-refractivity contribution in [2.45, 2.75) is 13.1 Å². The highest BCUT2D eigenvalue weighted by molar-refractivity contribution is 6.43. The maximum Gasteiger partial charge on any atom is 0.455 e. The monoisotopic (exact) mass is 264 g/mol. The van der Waals surface area contributed by atoms with E-state index in [1.165, 1.54) is 6.20 Å². The van der Waals surface area contributed by atoms with Crippen LogP contribution >= 0.6 is 11.6 Å². The van der Waals surface area contributed by atoms with Crippen molar-refractivity contribution in [1.29, 1.82) is 0 Å². The maximum absolute atomic E-state index is 12.0. The molecule has 0 amide bonds. The standard InChI is InChI=1S/C10H8ClF3N2O/c1-6-2-3-15-8(4-6)16-5-7(11)9(17)10(12,13)14/h2-5H,1H3,(H,15,16). The number of Topliss-reactive ketones (excluding diaryl/α,β-unsaturated/α-hetero) is 1. The second-order valence-corrected chi connectivity index (χ2v) is 3.59. The minimum atomic E-state index is -4.98. The molecule has 0 aliphatic carbocycles. The predicted molar refractivity (Wildman–Crippen MR) is 57.6 cm³/mol. The van der Waals surface area contributed by atoms with Crippen molar-refractivity contribution in [3.8, 4) is 0 Å². The molecule has 0 aliphatic heterocycles. The van der Waals surface area contributed by atoms with Crippen LogP contribution in [0, 0.1) is 6.92 Å². The zero-order valence-corrected chi connectivity index (χ0v) is 9.43. The number of carbonyl (C=O) groups excluding carboxylic acids is 1. The normalized spacial score (nSPS) is 12.4. The smallest absolute Gasteiger partial charge is 0.345 e. The molecule has 0 aromatic carbocycles. The number of aromatic nitrogens is 1. The van der Waals surface area contributed by atoms with Gasteiger partial charge < -0.3 is 5.32 Å². The van der Waals surface area contributed by atoms with E-state index in [9.17, 15) is 18.0 Å². The Bertz CT molecular complexity index is 457. The number of hydrogen-bond donors (Lipinski definition) is 1. The van der Waals surface area contributed by atoms with Crippen molar-refractivity contribution >= 4 is 23.2 Å². The molecule has 0 unspecified atom stereocenters. The molecule has 0 bridgehead atoms. The van der Waals surface area contributed by atoms with Gasteiger partial charge in [0.2, 0.25) is 0 Å². The number of nitrogens with one attached hydrogen (secondary N) is 1. The number of nitrogens with zero attached hydrogens (tertiary/aromatic N) is 1. The number of alkyl halides is 3. The van der Waals surface area contributed by atoms with Gasteiger partial charge in [-0.3, -0.25) is 4.79 Å². The van der Waals surface area contributed by atoms with Gasteiger partial charge in [-0.1, -0.05) is 11.6 Å². The van der Waals surface area contributed by atoms with E-state index in [1.807, 2.05) is 0 Å². The molecule has 17 heavy (non-hydrogen) atoms. The number of halogens is 4. The number of allylic oxidation sites excluding steroid dienone is 1. The van der Waals surface area contributed by atoms with Crippen LogP contribution in [0.25, 0.3) is 0 Å². The summed E-state index contributed by atoms with van der Waals surface area (Å²) in [5.41, 5.74) is 0.870. The number of ketones is 1. The Morgan fingerprint density at radius 1 is 1.53 bits per heavy atom. The van der Waals surface area contributed by atoms with Crippen LogP contribution in [-0.2, 0) is 4.79 Å². The molecule has 1 rings (SSSR count). The lowest BCUT2D eigenvalue weighted by Gasteiger charge is -2.04. The molecule has 1 N–H and O–H groups in total. The fourth-order valence-electron chi connectivity index (χ4n) is 0.953. The first kappa shape index (κ1) is 13.5. The summed E-state index contributed by atoms with van der Waals surface area (Å²) in [4.78, 5) is 14.5. The van der Waals surface area contributed by atoms with Crippen LogP contribution in [-0.4, -0.2) is 16.9 Å². The Kier molecular flexibility index (Phi) is 4.11. The van der Waals surface area contributed by atoms with Crippen LogP contribution in [0.5, 0.6) is 0 Å². The van der Waals surface area contributed by atoms with Gasteiger partial charge in [-0.15, -0.1) is 0 Å². The molecule has 0 radical (unpaired) electrons. The molecular formula is C10H8ClF3N2O. The summed E-state index contributed by atoms with van der Waals surface area (Å²) in [7, 11) is 0. The van der Waals surface area contributed by atoms with Crippen LogP contribution < -0.4 is 5.32 Å². The first-order chi connectivity index (χ1) is 7.80. The van der Waals surface area contributed by atoms with Crippen molar-refractivity contribution in [3.63, 3.8) is 0 Å². The number of anilines is 1. The highest BCUT2D eigenvalue weighted by Crippen LogP contribution is 2.22. The van der Waals surface area contributed by atoms with E-state index in [2.05, 4.69) is 10.3 Å². The average Bonchev–Trinajstić information content (AvgIpc) is 2.23. The number of pyridine rings is 1. The van der Waals surface area contributed by atoms with Crippen molar-refractivity contribution in [3.05, 3.63) is 35.1 Å². The molecule has 3 nitrogen and oxygen atoms in total. The van der Waals surface area contributed by atoms with Crippen LogP contribution in [0.4, 0.5) is 19.0 Å².